The second-order valence-corrected chi connectivity index (χ2v) is 5.61. The summed E-state index contributed by atoms with van der Waals surface area (Å²) in [6.45, 7) is 1.91. The van der Waals surface area contributed by atoms with Crippen molar-refractivity contribution in [2.75, 3.05) is 12.9 Å². The summed E-state index contributed by atoms with van der Waals surface area (Å²) in [5.74, 6) is -1.76. The number of carbonyl (C=O) groups is 2. The van der Waals surface area contributed by atoms with E-state index in [1.165, 1.54) is 7.11 Å². The van der Waals surface area contributed by atoms with Crippen molar-refractivity contribution in [3.63, 3.8) is 0 Å². The van der Waals surface area contributed by atoms with Crippen LogP contribution < -0.4 is 0 Å². The maximum Gasteiger partial charge on any atom is 0.313 e. The van der Waals surface area contributed by atoms with Crippen LogP contribution in [0.2, 0.25) is 0 Å². The Morgan fingerprint density at radius 2 is 1.90 bits per heavy atom. The van der Waals surface area contributed by atoms with E-state index in [1.54, 1.807) is 12.1 Å². The minimum atomic E-state index is -1.44. The molecule has 0 amide bonds. The Morgan fingerprint density at radius 1 is 1.30 bits per heavy atom. The summed E-state index contributed by atoms with van der Waals surface area (Å²) in [4.78, 5) is 22.8. The lowest BCUT2D eigenvalue weighted by Crippen LogP contribution is -2.09. The third kappa shape index (κ3) is 5.36. The molecule has 1 aromatic rings. The molecule has 108 valence electrons. The third-order valence-electron chi connectivity index (χ3n) is 2.44. The van der Waals surface area contributed by atoms with Gasteiger partial charge in [0.05, 0.1) is 23.7 Å². The van der Waals surface area contributed by atoms with Crippen molar-refractivity contribution in [3.05, 3.63) is 41.7 Å². The number of aliphatic hydroxyl groups excluding tert-OH is 1. The van der Waals surface area contributed by atoms with Gasteiger partial charge in [0.15, 0.2) is 5.78 Å². The quantitative estimate of drug-likeness (QED) is 0.374. The van der Waals surface area contributed by atoms with Gasteiger partial charge in [-0.3, -0.25) is 13.8 Å². The topological polar surface area (TPSA) is 80.7 Å². The van der Waals surface area contributed by atoms with Gasteiger partial charge in [-0.2, -0.15) is 0 Å². The van der Waals surface area contributed by atoms with Crippen LogP contribution in [0, 0.1) is 6.92 Å². The van der Waals surface area contributed by atoms with Crippen LogP contribution in [-0.4, -0.2) is 33.9 Å². The van der Waals surface area contributed by atoms with Gasteiger partial charge in [0.1, 0.15) is 12.2 Å². The van der Waals surface area contributed by atoms with Crippen molar-refractivity contribution < 1.29 is 23.6 Å². The van der Waals surface area contributed by atoms with Crippen LogP contribution in [0.4, 0.5) is 0 Å². The second-order valence-electron chi connectivity index (χ2n) is 4.16. The SMILES string of the molecule is COC(=O)CC(=O)/C=C(\O)CS(=O)c1ccc(C)cc1. The van der Waals surface area contributed by atoms with Crippen LogP contribution in [-0.2, 0) is 25.1 Å². The number of methoxy groups -OCH3 is 1. The molecule has 1 N–H and O–H groups in total. The first-order valence-electron chi connectivity index (χ1n) is 5.86. The normalized spacial score (nSPS) is 12.8. The minimum Gasteiger partial charge on any atom is -0.511 e. The molecule has 0 saturated heterocycles. The maximum absolute atomic E-state index is 11.9. The molecule has 0 aliphatic heterocycles. The van der Waals surface area contributed by atoms with Gasteiger partial charge >= 0.3 is 5.97 Å². The minimum absolute atomic E-state index is 0.171. The summed E-state index contributed by atoms with van der Waals surface area (Å²) >= 11 is 0. The molecule has 0 aliphatic carbocycles. The van der Waals surface area contributed by atoms with Crippen LogP contribution in [0.1, 0.15) is 12.0 Å². The monoisotopic (exact) mass is 296 g/mol. The highest BCUT2D eigenvalue weighted by atomic mass is 32.2. The van der Waals surface area contributed by atoms with Crippen LogP contribution in [0.25, 0.3) is 0 Å². The molecular formula is C14H16O5S. The average molecular weight is 296 g/mol. The summed E-state index contributed by atoms with van der Waals surface area (Å²) in [7, 11) is -0.267. The van der Waals surface area contributed by atoms with Gasteiger partial charge in [-0.1, -0.05) is 17.7 Å². The molecule has 1 rings (SSSR count). The largest absolute Gasteiger partial charge is 0.511 e. The molecule has 20 heavy (non-hydrogen) atoms. The summed E-state index contributed by atoms with van der Waals surface area (Å²) in [5, 5.41) is 9.59. The van der Waals surface area contributed by atoms with E-state index in [1.807, 2.05) is 19.1 Å². The van der Waals surface area contributed by atoms with E-state index in [0.29, 0.717) is 4.90 Å². The number of rotatable bonds is 6. The van der Waals surface area contributed by atoms with Crippen molar-refractivity contribution in [2.24, 2.45) is 0 Å². The van der Waals surface area contributed by atoms with Crippen molar-refractivity contribution in [3.8, 4) is 0 Å². The number of esters is 1. The van der Waals surface area contributed by atoms with E-state index in [-0.39, 0.29) is 11.5 Å². The number of ether oxygens (including phenoxy) is 1. The number of aliphatic hydroxyl groups is 1. The maximum atomic E-state index is 11.9. The van der Waals surface area contributed by atoms with E-state index in [9.17, 15) is 18.9 Å². The van der Waals surface area contributed by atoms with Crippen LogP contribution in [0.3, 0.4) is 0 Å². The van der Waals surface area contributed by atoms with Crippen LogP contribution in [0.15, 0.2) is 41.0 Å². The van der Waals surface area contributed by atoms with Crippen molar-refractivity contribution in [2.45, 2.75) is 18.2 Å². The van der Waals surface area contributed by atoms with Gasteiger partial charge in [0.2, 0.25) is 0 Å². The molecule has 1 aromatic carbocycles. The van der Waals surface area contributed by atoms with Gasteiger partial charge in [0, 0.05) is 11.0 Å². The van der Waals surface area contributed by atoms with Gasteiger partial charge < -0.3 is 9.84 Å². The molecule has 0 bridgehead atoms. The number of ketones is 1. The lowest BCUT2D eigenvalue weighted by atomic mass is 10.2. The highest BCUT2D eigenvalue weighted by Crippen LogP contribution is 2.10. The molecule has 1 unspecified atom stereocenters. The Hall–Kier alpha value is -1.95. The van der Waals surface area contributed by atoms with Gasteiger partial charge in [0.25, 0.3) is 0 Å². The highest BCUT2D eigenvalue weighted by Gasteiger charge is 2.11. The Bertz CT molecular complexity index is 545. The average Bonchev–Trinajstić information content (AvgIpc) is 2.38. The summed E-state index contributed by atoms with van der Waals surface area (Å²) in [5.41, 5.74) is 1.04. The smallest absolute Gasteiger partial charge is 0.313 e. The number of carbonyl (C=O) groups excluding carboxylic acids is 2. The first kappa shape index (κ1) is 16.1. The molecule has 0 fully saturated rings. The number of hydrogen-bond donors (Lipinski definition) is 1. The molecule has 0 aromatic heterocycles. The molecule has 0 radical (unpaired) electrons. The number of aryl methyl sites for hydroxylation is 1. The van der Waals surface area contributed by atoms with Gasteiger partial charge in [-0.15, -0.1) is 0 Å². The number of hydrogen-bond acceptors (Lipinski definition) is 5. The lowest BCUT2D eigenvalue weighted by Gasteiger charge is -2.02. The molecule has 0 saturated carbocycles. The zero-order valence-electron chi connectivity index (χ0n) is 11.3. The Balaban J connectivity index is 2.63. The molecule has 1 atom stereocenters. The fourth-order valence-corrected chi connectivity index (χ4v) is 2.36. The van der Waals surface area contributed by atoms with E-state index < -0.39 is 29.0 Å². The van der Waals surface area contributed by atoms with Crippen molar-refractivity contribution in [1.29, 1.82) is 0 Å². The van der Waals surface area contributed by atoms with E-state index in [0.717, 1.165) is 11.6 Å². The summed E-state index contributed by atoms with van der Waals surface area (Å²) in [6, 6.07) is 7.04. The number of allylic oxidation sites excluding steroid dienone is 1. The lowest BCUT2D eigenvalue weighted by molar-refractivity contribution is -0.142. The van der Waals surface area contributed by atoms with Gasteiger partial charge in [-0.05, 0) is 19.1 Å². The Kier molecular flexibility index (Phi) is 6.11. The predicted octanol–water partition coefficient (Wildman–Crippen LogP) is 1.68. The standard InChI is InChI=1S/C14H16O5S/c1-10-3-5-13(6-4-10)20(18)9-12(16)7-11(15)8-14(17)19-2/h3-7,16H,8-9H2,1-2H3/b12-7-. The van der Waals surface area contributed by atoms with Crippen molar-refractivity contribution in [1.82, 2.24) is 0 Å². The zero-order valence-corrected chi connectivity index (χ0v) is 12.1. The third-order valence-corrected chi connectivity index (χ3v) is 3.79. The van der Waals surface area contributed by atoms with E-state index in [4.69, 9.17) is 0 Å². The Morgan fingerprint density at radius 3 is 2.45 bits per heavy atom. The fourth-order valence-electron chi connectivity index (χ4n) is 1.40. The number of benzene rings is 1. The molecular weight excluding hydrogens is 280 g/mol. The fraction of sp³-hybridized carbons (Fsp3) is 0.286. The Labute approximate surface area is 119 Å². The predicted molar refractivity (Wildman–Crippen MR) is 74.8 cm³/mol. The van der Waals surface area contributed by atoms with Gasteiger partial charge in [-0.25, -0.2) is 0 Å². The first-order valence-corrected chi connectivity index (χ1v) is 7.18. The summed E-state index contributed by atoms with van der Waals surface area (Å²) < 4.78 is 16.3. The molecule has 0 spiro atoms. The molecule has 6 heteroatoms. The summed E-state index contributed by atoms with van der Waals surface area (Å²) in [6.07, 6.45) is 0.459. The van der Waals surface area contributed by atoms with E-state index in [2.05, 4.69) is 4.74 Å². The van der Waals surface area contributed by atoms with Crippen LogP contribution >= 0.6 is 0 Å². The molecule has 0 aliphatic rings. The van der Waals surface area contributed by atoms with E-state index >= 15 is 0 Å². The second kappa shape index (κ2) is 7.59. The molecule has 5 nitrogen and oxygen atoms in total. The van der Waals surface area contributed by atoms with Crippen LogP contribution in [0.5, 0.6) is 0 Å². The first-order chi connectivity index (χ1) is 9.42. The molecule has 0 heterocycles. The van der Waals surface area contributed by atoms with Crippen molar-refractivity contribution >= 4 is 22.6 Å². The zero-order chi connectivity index (χ0) is 15.1. The highest BCUT2D eigenvalue weighted by molar-refractivity contribution is 7.85.